The summed E-state index contributed by atoms with van der Waals surface area (Å²) < 4.78 is 71.9. The van der Waals surface area contributed by atoms with E-state index in [0.717, 1.165) is 18.2 Å². The Morgan fingerprint density at radius 1 is 1.14 bits per heavy atom. The molecule has 1 aliphatic rings. The lowest BCUT2D eigenvalue weighted by molar-refractivity contribution is -0.137. The average Bonchev–Trinajstić information content (AvgIpc) is 3.17. The van der Waals surface area contributed by atoms with Crippen LogP contribution in [0.25, 0.3) is 6.08 Å². The van der Waals surface area contributed by atoms with Gasteiger partial charge in [-0.25, -0.2) is 18.1 Å². The maximum Gasteiger partial charge on any atom is 0.416 e. The highest BCUT2D eigenvalue weighted by Crippen LogP contribution is 2.33. The van der Waals surface area contributed by atoms with Gasteiger partial charge in [-0.05, 0) is 59.5 Å². The number of methoxy groups -OCH3 is 1. The normalized spacial score (nSPS) is 15.3. The number of carbonyl (C=O) groups is 1. The molecule has 186 valence electrons. The van der Waals surface area contributed by atoms with Crippen molar-refractivity contribution in [3.8, 4) is 5.75 Å². The molecule has 3 rings (SSSR count). The number of nitrogens with zero attached hydrogens (tertiary/aromatic N) is 1. The maximum absolute atomic E-state index is 13.2. The van der Waals surface area contributed by atoms with Gasteiger partial charge in [-0.15, -0.1) is 0 Å². The fourth-order valence-corrected chi connectivity index (χ4v) is 4.95. The van der Waals surface area contributed by atoms with Gasteiger partial charge in [0, 0.05) is 11.1 Å². The monoisotopic (exact) mass is 546 g/mol. The minimum absolute atomic E-state index is 0.115. The molecule has 0 atom stereocenters. The van der Waals surface area contributed by atoms with Crippen molar-refractivity contribution in [2.24, 2.45) is 10.9 Å². The Bertz CT molecular complexity index is 1380. The van der Waals surface area contributed by atoms with E-state index in [1.165, 1.54) is 37.5 Å². The molecule has 0 aliphatic carbocycles. The zero-order valence-electron chi connectivity index (χ0n) is 18.6. The highest BCUT2D eigenvalue weighted by atomic mass is 35.5. The standard InChI is InChI=1S/C23H19Cl2F3N2O4S/c1-12(2)21-14(6-13-7-15(23(26,27)28)10-16(24)8-13)9-19(29-21)22(31)30-35(32,33)20-11-17(34-3)4-5-18(20)25/h4-12H,1-3H3,(H,30,31)/b14-6+. The van der Waals surface area contributed by atoms with Crippen molar-refractivity contribution in [3.63, 3.8) is 0 Å². The molecule has 0 bridgehead atoms. The fourth-order valence-electron chi connectivity index (χ4n) is 3.23. The van der Waals surface area contributed by atoms with Crippen LogP contribution in [-0.4, -0.2) is 27.1 Å². The van der Waals surface area contributed by atoms with Crippen LogP contribution in [-0.2, 0) is 21.0 Å². The summed E-state index contributed by atoms with van der Waals surface area (Å²) in [6.45, 7) is 3.54. The van der Waals surface area contributed by atoms with Gasteiger partial charge in [0.25, 0.3) is 15.9 Å². The zero-order valence-corrected chi connectivity index (χ0v) is 20.9. The summed E-state index contributed by atoms with van der Waals surface area (Å²) in [5.74, 6) is -1.05. The number of hydrogen-bond donors (Lipinski definition) is 1. The molecule has 0 fully saturated rings. The van der Waals surface area contributed by atoms with Crippen LogP contribution in [0.1, 0.15) is 25.0 Å². The SMILES string of the molecule is COc1ccc(Cl)c(S(=O)(=O)NC(=O)C2=C/C(=C\c3cc(Cl)cc(C(F)(F)F)c3)C(C(C)C)=N2)c1. The van der Waals surface area contributed by atoms with Gasteiger partial charge in [-0.2, -0.15) is 13.2 Å². The van der Waals surface area contributed by atoms with E-state index < -0.39 is 27.7 Å². The van der Waals surface area contributed by atoms with Gasteiger partial charge in [-0.3, -0.25) is 4.79 Å². The molecule has 12 heteroatoms. The van der Waals surface area contributed by atoms with Crippen LogP contribution in [0.3, 0.4) is 0 Å². The number of alkyl halides is 3. The van der Waals surface area contributed by atoms with E-state index in [1.54, 1.807) is 13.8 Å². The smallest absolute Gasteiger partial charge is 0.416 e. The van der Waals surface area contributed by atoms with E-state index in [2.05, 4.69) is 4.99 Å². The van der Waals surface area contributed by atoms with Crippen molar-refractivity contribution >= 4 is 50.9 Å². The third kappa shape index (κ3) is 6.25. The number of benzene rings is 2. The van der Waals surface area contributed by atoms with E-state index in [4.69, 9.17) is 27.9 Å². The topological polar surface area (TPSA) is 84.8 Å². The first-order valence-electron chi connectivity index (χ1n) is 10.0. The van der Waals surface area contributed by atoms with Crippen molar-refractivity contribution < 1.29 is 31.1 Å². The van der Waals surface area contributed by atoms with Gasteiger partial charge in [0.15, 0.2) is 0 Å². The summed E-state index contributed by atoms with van der Waals surface area (Å²) in [6.07, 6.45) is -1.91. The Morgan fingerprint density at radius 2 is 1.83 bits per heavy atom. The molecule has 1 amide bonds. The van der Waals surface area contributed by atoms with Crippen molar-refractivity contribution in [2.75, 3.05) is 7.11 Å². The van der Waals surface area contributed by atoms with E-state index in [1.807, 2.05) is 4.72 Å². The predicted molar refractivity (Wildman–Crippen MR) is 128 cm³/mol. The van der Waals surface area contributed by atoms with Crippen molar-refractivity contribution in [1.29, 1.82) is 0 Å². The number of carbonyl (C=O) groups excluding carboxylic acids is 1. The Labute approximate surface area is 210 Å². The number of nitrogens with one attached hydrogen (secondary N) is 1. The maximum atomic E-state index is 13.2. The number of ether oxygens (including phenoxy) is 1. The molecule has 0 saturated heterocycles. The molecule has 1 aliphatic heterocycles. The molecule has 0 spiro atoms. The summed E-state index contributed by atoms with van der Waals surface area (Å²) in [4.78, 5) is 16.6. The largest absolute Gasteiger partial charge is 0.497 e. The van der Waals surface area contributed by atoms with E-state index in [0.29, 0.717) is 11.3 Å². The molecule has 0 unspecified atom stereocenters. The molecule has 1 heterocycles. The second-order valence-corrected chi connectivity index (χ2v) is 10.3. The molecule has 35 heavy (non-hydrogen) atoms. The van der Waals surface area contributed by atoms with Crippen molar-refractivity contribution in [1.82, 2.24) is 4.72 Å². The Kier molecular flexibility index (Phi) is 7.68. The number of hydrogen-bond acceptors (Lipinski definition) is 5. The first kappa shape index (κ1) is 26.8. The van der Waals surface area contributed by atoms with E-state index >= 15 is 0 Å². The minimum atomic E-state index is -4.60. The second kappa shape index (κ2) is 10.0. The van der Waals surface area contributed by atoms with Crippen LogP contribution in [0.2, 0.25) is 10.0 Å². The summed E-state index contributed by atoms with van der Waals surface area (Å²) in [6, 6.07) is 6.98. The highest BCUT2D eigenvalue weighted by Gasteiger charge is 2.31. The average molecular weight is 547 g/mol. The molecule has 1 N–H and O–H groups in total. The lowest BCUT2D eigenvalue weighted by atomic mass is 9.98. The van der Waals surface area contributed by atoms with Crippen LogP contribution in [0.4, 0.5) is 13.2 Å². The molecule has 0 aromatic heterocycles. The van der Waals surface area contributed by atoms with Gasteiger partial charge in [0.1, 0.15) is 16.3 Å². The van der Waals surface area contributed by atoms with Crippen LogP contribution in [0.15, 0.2) is 63.6 Å². The van der Waals surface area contributed by atoms with Gasteiger partial charge in [0.05, 0.1) is 23.4 Å². The first-order chi connectivity index (χ1) is 16.2. The van der Waals surface area contributed by atoms with Gasteiger partial charge < -0.3 is 4.74 Å². The lowest BCUT2D eigenvalue weighted by Crippen LogP contribution is -2.31. The predicted octanol–water partition coefficient (Wildman–Crippen LogP) is 5.90. The van der Waals surface area contributed by atoms with Crippen LogP contribution < -0.4 is 9.46 Å². The summed E-state index contributed by atoms with van der Waals surface area (Å²) in [5.41, 5.74) is -0.290. The molecule has 0 radical (unpaired) electrons. The highest BCUT2D eigenvalue weighted by molar-refractivity contribution is 7.90. The Balaban J connectivity index is 1.97. The third-order valence-electron chi connectivity index (χ3n) is 4.83. The molecule has 2 aromatic rings. The van der Waals surface area contributed by atoms with E-state index in [9.17, 15) is 26.4 Å². The number of allylic oxidation sites excluding steroid dienone is 2. The number of sulfonamides is 1. The summed E-state index contributed by atoms with van der Waals surface area (Å²) >= 11 is 11.8. The number of aliphatic imine (C=N–C) groups is 1. The quantitative estimate of drug-likeness (QED) is 0.488. The molecular weight excluding hydrogens is 528 g/mol. The molecule has 2 aromatic carbocycles. The Morgan fingerprint density at radius 3 is 2.43 bits per heavy atom. The molecular formula is C23H19Cl2F3N2O4S. The van der Waals surface area contributed by atoms with E-state index in [-0.39, 0.29) is 37.9 Å². The van der Waals surface area contributed by atoms with Crippen molar-refractivity contribution in [2.45, 2.75) is 24.9 Å². The molecule has 6 nitrogen and oxygen atoms in total. The number of halogens is 5. The summed E-state index contributed by atoms with van der Waals surface area (Å²) in [5, 5.41) is -0.240. The van der Waals surface area contributed by atoms with Crippen LogP contribution >= 0.6 is 23.2 Å². The number of rotatable bonds is 6. The first-order valence-corrected chi connectivity index (χ1v) is 12.3. The van der Waals surface area contributed by atoms with Gasteiger partial charge >= 0.3 is 6.18 Å². The fraction of sp³-hybridized carbons (Fsp3) is 0.217. The minimum Gasteiger partial charge on any atom is -0.497 e. The molecule has 0 saturated carbocycles. The van der Waals surface area contributed by atoms with Gasteiger partial charge in [-0.1, -0.05) is 37.0 Å². The van der Waals surface area contributed by atoms with Gasteiger partial charge in [0.2, 0.25) is 0 Å². The third-order valence-corrected chi connectivity index (χ3v) is 6.86. The lowest BCUT2D eigenvalue weighted by Gasteiger charge is -2.10. The summed E-state index contributed by atoms with van der Waals surface area (Å²) in [7, 11) is -3.04. The zero-order chi connectivity index (χ0) is 26.1. The number of amides is 1. The van der Waals surface area contributed by atoms with Crippen LogP contribution in [0, 0.1) is 5.92 Å². The Hall–Kier alpha value is -2.82. The second-order valence-electron chi connectivity index (χ2n) is 7.78. The van der Waals surface area contributed by atoms with Crippen LogP contribution in [0.5, 0.6) is 5.75 Å². The van der Waals surface area contributed by atoms with Crippen molar-refractivity contribution in [3.05, 3.63) is 74.9 Å².